The lowest BCUT2D eigenvalue weighted by atomic mass is 10.0. The first kappa shape index (κ1) is 15.1. The zero-order chi connectivity index (χ0) is 17.2. The summed E-state index contributed by atoms with van der Waals surface area (Å²) in [5.74, 6) is 0.485. The van der Waals surface area contributed by atoms with Crippen LogP contribution < -0.4 is 10.4 Å². The van der Waals surface area contributed by atoms with Gasteiger partial charge in [-0.1, -0.05) is 42.5 Å². The maximum absolute atomic E-state index is 11.9. The van der Waals surface area contributed by atoms with Crippen molar-refractivity contribution in [2.75, 3.05) is 0 Å². The first-order chi connectivity index (χ1) is 12.3. The lowest BCUT2D eigenvalue weighted by Crippen LogP contribution is -2.05. The van der Waals surface area contributed by atoms with Crippen LogP contribution in [0.2, 0.25) is 0 Å². The summed E-state index contributed by atoms with van der Waals surface area (Å²) in [4.78, 5) is 23.0. The van der Waals surface area contributed by atoms with E-state index < -0.39 is 5.63 Å². The largest absolute Gasteiger partial charge is 0.488 e. The molecule has 4 nitrogen and oxygen atoms in total. The van der Waals surface area contributed by atoms with Crippen LogP contribution in [0.1, 0.15) is 15.9 Å². The molecule has 122 valence electrons. The van der Waals surface area contributed by atoms with E-state index in [1.807, 2.05) is 30.3 Å². The van der Waals surface area contributed by atoms with Crippen molar-refractivity contribution in [3.8, 4) is 5.75 Å². The molecule has 0 aliphatic carbocycles. The Balaban J connectivity index is 1.84. The van der Waals surface area contributed by atoms with Crippen molar-refractivity contribution in [1.29, 1.82) is 0 Å². The van der Waals surface area contributed by atoms with Crippen LogP contribution in [-0.2, 0) is 6.61 Å². The van der Waals surface area contributed by atoms with E-state index in [0.29, 0.717) is 16.9 Å². The normalized spacial score (nSPS) is 10.9. The number of carbonyl (C=O) groups is 1. The van der Waals surface area contributed by atoms with Crippen molar-refractivity contribution in [2.24, 2.45) is 0 Å². The molecule has 0 spiro atoms. The van der Waals surface area contributed by atoms with Crippen LogP contribution >= 0.6 is 0 Å². The van der Waals surface area contributed by atoms with E-state index in [9.17, 15) is 9.59 Å². The number of benzene rings is 3. The summed E-state index contributed by atoms with van der Waals surface area (Å²) in [6, 6.07) is 20.1. The van der Waals surface area contributed by atoms with E-state index in [4.69, 9.17) is 9.15 Å². The van der Waals surface area contributed by atoms with Crippen LogP contribution in [0.5, 0.6) is 5.75 Å². The summed E-state index contributed by atoms with van der Waals surface area (Å²) >= 11 is 0. The third kappa shape index (κ3) is 2.78. The van der Waals surface area contributed by atoms with E-state index >= 15 is 0 Å². The van der Waals surface area contributed by atoms with Gasteiger partial charge in [-0.3, -0.25) is 4.79 Å². The lowest BCUT2D eigenvalue weighted by Gasteiger charge is -2.11. The van der Waals surface area contributed by atoms with Gasteiger partial charge >= 0.3 is 5.63 Å². The molecule has 0 atom stereocenters. The Kier molecular flexibility index (Phi) is 3.78. The van der Waals surface area contributed by atoms with Crippen molar-refractivity contribution >= 4 is 28.0 Å². The van der Waals surface area contributed by atoms with E-state index in [1.54, 1.807) is 30.3 Å². The van der Waals surface area contributed by atoms with E-state index in [-0.39, 0.29) is 6.61 Å². The fraction of sp³-hybridized carbons (Fsp3) is 0.0476. The van der Waals surface area contributed by atoms with Crippen molar-refractivity contribution in [2.45, 2.75) is 6.61 Å². The van der Waals surface area contributed by atoms with E-state index in [0.717, 1.165) is 28.0 Å². The van der Waals surface area contributed by atoms with Gasteiger partial charge in [0.25, 0.3) is 0 Å². The van der Waals surface area contributed by atoms with Crippen LogP contribution in [0.4, 0.5) is 0 Å². The fourth-order valence-corrected chi connectivity index (χ4v) is 3.00. The third-order valence-electron chi connectivity index (χ3n) is 4.14. The molecule has 0 saturated carbocycles. The SMILES string of the molecule is O=Cc1ccccc1OCc1cc(=O)oc2ccc3ccccc3c12. The first-order valence-electron chi connectivity index (χ1n) is 7.88. The van der Waals surface area contributed by atoms with Gasteiger partial charge in [0, 0.05) is 17.0 Å². The number of para-hydroxylation sites is 1. The molecule has 4 aromatic rings. The molecule has 0 amide bonds. The summed E-state index contributed by atoms with van der Waals surface area (Å²) in [5.41, 5.74) is 1.29. The van der Waals surface area contributed by atoms with Crippen LogP contribution in [0.15, 0.2) is 75.9 Å². The number of aldehydes is 1. The van der Waals surface area contributed by atoms with Crippen molar-refractivity contribution in [3.05, 3.63) is 88.3 Å². The molecule has 0 unspecified atom stereocenters. The highest BCUT2D eigenvalue weighted by Gasteiger charge is 2.11. The smallest absolute Gasteiger partial charge is 0.336 e. The van der Waals surface area contributed by atoms with Crippen LogP contribution in [-0.4, -0.2) is 6.29 Å². The number of carbonyl (C=O) groups excluding carboxylic acids is 1. The van der Waals surface area contributed by atoms with E-state index in [2.05, 4.69) is 0 Å². The molecule has 4 rings (SSSR count). The second kappa shape index (κ2) is 6.24. The molecule has 0 bridgehead atoms. The highest BCUT2D eigenvalue weighted by Crippen LogP contribution is 2.28. The Labute approximate surface area is 143 Å². The number of ether oxygens (including phenoxy) is 1. The third-order valence-corrected chi connectivity index (χ3v) is 4.14. The van der Waals surface area contributed by atoms with Gasteiger partial charge < -0.3 is 9.15 Å². The summed E-state index contributed by atoms with van der Waals surface area (Å²) in [6.45, 7) is 0.168. The van der Waals surface area contributed by atoms with Crippen molar-refractivity contribution < 1.29 is 13.9 Å². The Morgan fingerprint density at radius 3 is 2.64 bits per heavy atom. The van der Waals surface area contributed by atoms with Crippen LogP contribution in [0.3, 0.4) is 0 Å². The van der Waals surface area contributed by atoms with Gasteiger partial charge in [-0.05, 0) is 29.0 Å². The minimum Gasteiger partial charge on any atom is -0.488 e. The fourth-order valence-electron chi connectivity index (χ4n) is 3.00. The van der Waals surface area contributed by atoms with Crippen molar-refractivity contribution in [1.82, 2.24) is 0 Å². The average Bonchev–Trinajstić information content (AvgIpc) is 2.65. The lowest BCUT2D eigenvalue weighted by molar-refractivity contribution is 0.111. The molecule has 0 fully saturated rings. The van der Waals surface area contributed by atoms with Gasteiger partial charge in [0.1, 0.15) is 17.9 Å². The highest BCUT2D eigenvalue weighted by molar-refractivity contribution is 6.07. The van der Waals surface area contributed by atoms with Gasteiger partial charge in [-0.15, -0.1) is 0 Å². The van der Waals surface area contributed by atoms with E-state index in [1.165, 1.54) is 6.07 Å². The van der Waals surface area contributed by atoms with Crippen molar-refractivity contribution in [3.63, 3.8) is 0 Å². The molecule has 0 saturated heterocycles. The van der Waals surface area contributed by atoms with Gasteiger partial charge in [-0.2, -0.15) is 0 Å². The summed E-state index contributed by atoms with van der Waals surface area (Å²) in [6.07, 6.45) is 0.752. The zero-order valence-corrected chi connectivity index (χ0v) is 13.3. The van der Waals surface area contributed by atoms with Gasteiger partial charge in [0.15, 0.2) is 6.29 Å². The molecule has 4 heteroatoms. The molecule has 0 radical (unpaired) electrons. The van der Waals surface area contributed by atoms with Gasteiger partial charge in [0.2, 0.25) is 0 Å². The quantitative estimate of drug-likeness (QED) is 0.317. The molecule has 0 aliphatic rings. The summed E-state index contributed by atoms with van der Waals surface area (Å²) in [5, 5.41) is 2.89. The van der Waals surface area contributed by atoms with Crippen LogP contribution in [0.25, 0.3) is 21.7 Å². The first-order valence-corrected chi connectivity index (χ1v) is 7.88. The average molecular weight is 330 g/mol. The number of fused-ring (bicyclic) bond motifs is 3. The number of hydrogen-bond acceptors (Lipinski definition) is 4. The summed E-state index contributed by atoms with van der Waals surface area (Å²) in [7, 11) is 0. The number of rotatable bonds is 4. The number of hydrogen-bond donors (Lipinski definition) is 0. The standard InChI is InChI=1S/C21H14O4/c22-12-15-6-2-4-8-18(15)24-13-16-11-20(23)25-19-10-9-14-5-1-3-7-17(14)21(16)19/h1-12H,13H2. The predicted octanol–water partition coefficient (Wildman–Crippen LogP) is 4.34. The second-order valence-electron chi connectivity index (χ2n) is 5.69. The molecular weight excluding hydrogens is 316 g/mol. The Morgan fingerprint density at radius 2 is 1.76 bits per heavy atom. The van der Waals surface area contributed by atoms with Gasteiger partial charge in [-0.25, -0.2) is 4.79 Å². The highest BCUT2D eigenvalue weighted by atomic mass is 16.5. The molecule has 0 N–H and O–H groups in total. The minimum atomic E-state index is -0.426. The minimum absolute atomic E-state index is 0.168. The Bertz CT molecular complexity index is 1140. The summed E-state index contributed by atoms with van der Waals surface area (Å²) < 4.78 is 11.2. The molecule has 25 heavy (non-hydrogen) atoms. The molecule has 1 aromatic heterocycles. The molecule has 1 heterocycles. The Morgan fingerprint density at radius 1 is 0.960 bits per heavy atom. The zero-order valence-electron chi connectivity index (χ0n) is 13.3. The molecule has 3 aromatic carbocycles. The van der Waals surface area contributed by atoms with Gasteiger partial charge in [0.05, 0.1) is 5.56 Å². The molecule has 0 aliphatic heterocycles. The molecular formula is C21H14O4. The maximum Gasteiger partial charge on any atom is 0.336 e. The monoisotopic (exact) mass is 330 g/mol. The second-order valence-corrected chi connectivity index (χ2v) is 5.69. The predicted molar refractivity (Wildman–Crippen MR) is 96.2 cm³/mol. The Hall–Kier alpha value is -3.40. The van der Waals surface area contributed by atoms with Crippen LogP contribution in [0, 0.1) is 0 Å². The maximum atomic E-state index is 11.9. The topological polar surface area (TPSA) is 56.5 Å².